The summed E-state index contributed by atoms with van der Waals surface area (Å²) in [6, 6.07) is 0. The Morgan fingerprint density at radius 1 is 1.55 bits per heavy atom. The number of aromatic nitrogens is 2. The fraction of sp³-hybridized carbons (Fsp3) is 0.429. The van der Waals surface area contributed by atoms with Crippen molar-refractivity contribution in [2.75, 3.05) is 7.11 Å². The monoisotopic (exact) mass is 154 g/mol. The Morgan fingerprint density at radius 3 is 2.55 bits per heavy atom. The summed E-state index contributed by atoms with van der Waals surface area (Å²) >= 11 is 0. The number of hydrogen-bond acceptors (Lipinski definition) is 3. The number of aryl methyl sites for hydroxylation is 2. The zero-order chi connectivity index (χ0) is 8.43. The first-order valence-corrected chi connectivity index (χ1v) is 3.26. The smallest absolute Gasteiger partial charge is 0.341 e. The zero-order valence-corrected chi connectivity index (χ0v) is 6.76. The summed E-state index contributed by atoms with van der Waals surface area (Å²) in [6.45, 7) is 3.54. The molecule has 0 bridgehead atoms. The molecule has 0 atom stereocenters. The molecule has 1 heterocycles. The molecule has 0 aliphatic heterocycles. The molecule has 1 N–H and O–H groups in total. The molecule has 0 amide bonds. The summed E-state index contributed by atoms with van der Waals surface area (Å²) in [7, 11) is 1.36. The van der Waals surface area contributed by atoms with E-state index in [-0.39, 0.29) is 5.97 Å². The average Bonchev–Trinajstić information content (AvgIpc) is 2.30. The predicted molar refractivity (Wildman–Crippen MR) is 39.4 cm³/mol. The maximum Gasteiger partial charge on any atom is 0.341 e. The van der Waals surface area contributed by atoms with Crippen molar-refractivity contribution in [2.24, 2.45) is 0 Å². The van der Waals surface area contributed by atoms with Crippen LogP contribution in [-0.4, -0.2) is 23.3 Å². The number of H-pyrrole nitrogens is 1. The van der Waals surface area contributed by atoms with Gasteiger partial charge in [-0.1, -0.05) is 0 Å². The minimum absolute atomic E-state index is 0.339. The number of carbonyl (C=O) groups excluding carboxylic acids is 1. The molecule has 1 aromatic rings. The van der Waals surface area contributed by atoms with Gasteiger partial charge >= 0.3 is 5.97 Å². The van der Waals surface area contributed by atoms with Gasteiger partial charge < -0.3 is 4.74 Å². The Bertz CT molecular complexity index is 258. The van der Waals surface area contributed by atoms with E-state index < -0.39 is 0 Å². The maximum atomic E-state index is 11.0. The van der Waals surface area contributed by atoms with Gasteiger partial charge in [-0.25, -0.2) is 4.79 Å². The number of nitrogens with one attached hydrogen (secondary N) is 1. The van der Waals surface area contributed by atoms with Crippen molar-refractivity contribution in [1.29, 1.82) is 0 Å². The average molecular weight is 154 g/mol. The molecule has 0 aliphatic carbocycles. The number of esters is 1. The van der Waals surface area contributed by atoms with Crippen LogP contribution in [0.1, 0.15) is 21.7 Å². The van der Waals surface area contributed by atoms with E-state index in [1.807, 2.05) is 0 Å². The van der Waals surface area contributed by atoms with E-state index in [4.69, 9.17) is 0 Å². The highest BCUT2D eigenvalue weighted by Crippen LogP contribution is 2.09. The van der Waals surface area contributed by atoms with Crippen LogP contribution in [0.4, 0.5) is 0 Å². The van der Waals surface area contributed by atoms with Crippen molar-refractivity contribution in [3.63, 3.8) is 0 Å². The van der Waals surface area contributed by atoms with Crippen molar-refractivity contribution in [2.45, 2.75) is 13.8 Å². The second-order valence-corrected chi connectivity index (χ2v) is 2.30. The Morgan fingerprint density at radius 2 is 2.18 bits per heavy atom. The molecule has 0 spiro atoms. The molecular formula is C7H10N2O2. The van der Waals surface area contributed by atoms with Gasteiger partial charge in [-0.3, -0.25) is 5.10 Å². The number of aromatic amines is 1. The van der Waals surface area contributed by atoms with Gasteiger partial charge in [0.05, 0.1) is 12.8 Å². The first-order chi connectivity index (χ1) is 5.16. The lowest BCUT2D eigenvalue weighted by Crippen LogP contribution is -2.03. The molecule has 11 heavy (non-hydrogen) atoms. The van der Waals surface area contributed by atoms with Crippen molar-refractivity contribution in [1.82, 2.24) is 10.2 Å². The summed E-state index contributed by atoms with van der Waals surface area (Å²) in [4.78, 5) is 11.0. The van der Waals surface area contributed by atoms with Crippen LogP contribution in [0.15, 0.2) is 0 Å². The third kappa shape index (κ3) is 1.24. The molecule has 4 nitrogen and oxygen atoms in total. The summed E-state index contributed by atoms with van der Waals surface area (Å²) in [5.41, 5.74) is 1.95. The molecule has 1 rings (SSSR count). The Balaban J connectivity index is 3.10. The summed E-state index contributed by atoms with van der Waals surface area (Å²) in [5, 5.41) is 6.56. The van der Waals surface area contributed by atoms with Crippen LogP contribution >= 0.6 is 0 Å². The first-order valence-electron chi connectivity index (χ1n) is 3.26. The molecule has 0 unspecified atom stereocenters. The van der Waals surface area contributed by atoms with E-state index in [1.165, 1.54) is 7.11 Å². The van der Waals surface area contributed by atoms with Gasteiger partial charge in [-0.15, -0.1) is 0 Å². The van der Waals surface area contributed by atoms with Gasteiger partial charge in [-0.2, -0.15) is 5.10 Å². The van der Waals surface area contributed by atoms with E-state index in [9.17, 15) is 4.79 Å². The van der Waals surface area contributed by atoms with E-state index in [2.05, 4.69) is 14.9 Å². The molecule has 4 heteroatoms. The van der Waals surface area contributed by atoms with Crippen LogP contribution in [0.5, 0.6) is 0 Å². The zero-order valence-electron chi connectivity index (χ0n) is 6.76. The van der Waals surface area contributed by atoms with Crippen molar-refractivity contribution >= 4 is 5.97 Å². The minimum Gasteiger partial charge on any atom is -0.465 e. The molecule has 60 valence electrons. The molecular weight excluding hydrogens is 144 g/mol. The van der Waals surface area contributed by atoms with E-state index in [0.29, 0.717) is 11.3 Å². The van der Waals surface area contributed by atoms with Crippen LogP contribution in [0, 0.1) is 13.8 Å². The number of hydrogen-bond donors (Lipinski definition) is 1. The number of rotatable bonds is 1. The third-order valence-electron chi connectivity index (χ3n) is 1.52. The van der Waals surface area contributed by atoms with Crippen LogP contribution in [-0.2, 0) is 4.74 Å². The van der Waals surface area contributed by atoms with Crippen LogP contribution in [0.3, 0.4) is 0 Å². The molecule has 0 radical (unpaired) electrons. The standard InChI is InChI=1S/C7H10N2O2/c1-4-6(7(10)11-3)5(2)9-8-4/h1-3H3,(H,8,9). The lowest BCUT2D eigenvalue weighted by molar-refractivity contribution is 0.0599. The maximum absolute atomic E-state index is 11.0. The fourth-order valence-corrected chi connectivity index (χ4v) is 0.954. The minimum atomic E-state index is -0.339. The van der Waals surface area contributed by atoms with E-state index in [0.717, 1.165) is 5.69 Å². The van der Waals surface area contributed by atoms with Gasteiger partial charge in [-0.05, 0) is 13.8 Å². The van der Waals surface area contributed by atoms with Crippen molar-refractivity contribution in [3.05, 3.63) is 17.0 Å². The first kappa shape index (κ1) is 7.78. The van der Waals surface area contributed by atoms with Gasteiger partial charge in [0.1, 0.15) is 5.56 Å². The Hall–Kier alpha value is -1.32. The molecule has 0 aliphatic rings. The SMILES string of the molecule is COC(=O)c1c(C)n[nH]c1C. The quantitative estimate of drug-likeness (QED) is 0.609. The van der Waals surface area contributed by atoms with E-state index in [1.54, 1.807) is 13.8 Å². The summed E-state index contributed by atoms with van der Waals surface area (Å²) < 4.78 is 4.56. The van der Waals surface area contributed by atoms with Gasteiger partial charge in [0.25, 0.3) is 0 Å². The lowest BCUT2D eigenvalue weighted by Gasteiger charge is -1.96. The highest BCUT2D eigenvalue weighted by atomic mass is 16.5. The fourth-order valence-electron chi connectivity index (χ4n) is 0.954. The van der Waals surface area contributed by atoms with Crippen LogP contribution in [0.25, 0.3) is 0 Å². The molecule has 1 aromatic heterocycles. The predicted octanol–water partition coefficient (Wildman–Crippen LogP) is 0.813. The highest BCUT2D eigenvalue weighted by molar-refractivity contribution is 5.91. The molecule has 0 fully saturated rings. The molecule has 0 saturated carbocycles. The van der Waals surface area contributed by atoms with Crippen molar-refractivity contribution in [3.8, 4) is 0 Å². The molecule has 0 saturated heterocycles. The van der Waals surface area contributed by atoms with Crippen molar-refractivity contribution < 1.29 is 9.53 Å². The second-order valence-electron chi connectivity index (χ2n) is 2.30. The van der Waals surface area contributed by atoms with Gasteiger partial charge in [0.2, 0.25) is 0 Å². The van der Waals surface area contributed by atoms with Crippen LogP contribution < -0.4 is 0 Å². The molecule has 0 aromatic carbocycles. The van der Waals surface area contributed by atoms with Crippen LogP contribution in [0.2, 0.25) is 0 Å². The lowest BCUT2D eigenvalue weighted by atomic mass is 10.2. The number of ether oxygens (including phenoxy) is 1. The van der Waals surface area contributed by atoms with Gasteiger partial charge in [0, 0.05) is 5.69 Å². The summed E-state index contributed by atoms with van der Waals surface area (Å²) in [5.74, 6) is -0.339. The third-order valence-corrected chi connectivity index (χ3v) is 1.52. The number of methoxy groups -OCH3 is 1. The highest BCUT2D eigenvalue weighted by Gasteiger charge is 2.14. The van der Waals surface area contributed by atoms with E-state index >= 15 is 0 Å². The topological polar surface area (TPSA) is 55.0 Å². The second kappa shape index (κ2) is 2.74. The summed E-state index contributed by atoms with van der Waals surface area (Å²) in [6.07, 6.45) is 0. The normalized spacial score (nSPS) is 9.73. The number of carbonyl (C=O) groups is 1. The largest absolute Gasteiger partial charge is 0.465 e. The van der Waals surface area contributed by atoms with Gasteiger partial charge in [0.15, 0.2) is 0 Å². The Labute approximate surface area is 64.6 Å². The Kier molecular flexibility index (Phi) is 1.94. The number of nitrogens with zero attached hydrogens (tertiary/aromatic N) is 1.